The summed E-state index contributed by atoms with van der Waals surface area (Å²) < 4.78 is 104. The van der Waals surface area contributed by atoms with Crippen LogP contribution >= 0.6 is 0 Å². The van der Waals surface area contributed by atoms with Crippen LogP contribution in [0.25, 0.3) is 83.9 Å². The molecule has 2 aromatic heterocycles. The fourth-order valence-electron chi connectivity index (χ4n) is 9.42. The van der Waals surface area contributed by atoms with Crippen molar-refractivity contribution in [2.45, 2.75) is 118 Å². The van der Waals surface area contributed by atoms with E-state index in [4.69, 9.17) is 22.3 Å². The molecule has 0 fully saturated rings. The Hall–Kier alpha value is -7.04. The van der Waals surface area contributed by atoms with Crippen LogP contribution in [0.4, 0.5) is 0 Å². The van der Waals surface area contributed by atoms with Gasteiger partial charge in [0.15, 0.2) is 0 Å². The van der Waals surface area contributed by atoms with Crippen molar-refractivity contribution in [1.82, 2.24) is 14.5 Å². The maximum absolute atomic E-state index is 12.2. The maximum Gasteiger partial charge on any atom is 0.149 e. The van der Waals surface area contributed by atoms with Crippen LogP contribution in [-0.4, -0.2) is 19.6 Å². The lowest BCUT2D eigenvalue weighted by molar-refractivity contribution is 0.471. The third-order valence-corrected chi connectivity index (χ3v) is 13.4. The molecule has 354 valence electrons. The van der Waals surface area contributed by atoms with E-state index in [-0.39, 0.29) is 33.1 Å². The minimum Gasteiger partial charge on any atom is -0.507 e. The molecule has 0 aliphatic heterocycles. The van der Waals surface area contributed by atoms with Crippen molar-refractivity contribution in [3.8, 4) is 78.6 Å². The number of phenols is 1. The highest BCUT2D eigenvalue weighted by Gasteiger charge is 2.27. The number of benzene rings is 7. The number of pyridine rings is 1. The molecule has 0 bridgehead atoms. The number of aromatic nitrogens is 3. The Morgan fingerprint density at radius 1 is 0.486 bits per heavy atom. The number of para-hydroxylation sites is 1. The predicted octanol–water partition coefficient (Wildman–Crippen LogP) is 17.9. The molecule has 7 aromatic carbocycles. The van der Waals surface area contributed by atoms with E-state index < -0.39 is 32.8 Å². The van der Waals surface area contributed by atoms with Crippen molar-refractivity contribution in [3.05, 3.63) is 191 Å². The first-order valence-electron chi connectivity index (χ1n) is 29.9. The molecule has 4 nitrogen and oxygen atoms in total. The molecule has 9 rings (SSSR count). The molecule has 2 heterocycles. The minimum absolute atomic E-state index is 0.0218. The Balaban J connectivity index is 1.27. The fraction of sp³-hybridized carbons (Fsp3) is 0.273. The van der Waals surface area contributed by atoms with E-state index in [1.807, 2.05) is 84.3 Å². The molecule has 0 amide bonds. The van der Waals surface area contributed by atoms with E-state index in [0.717, 1.165) is 55.6 Å². The second-order valence-electron chi connectivity index (χ2n) is 21.8. The smallest absolute Gasteiger partial charge is 0.149 e. The summed E-state index contributed by atoms with van der Waals surface area (Å²) >= 11 is 0. The Bertz CT molecular complexity index is 3850. The van der Waals surface area contributed by atoms with Gasteiger partial charge in [-0.15, -0.1) is 0 Å². The monoisotopic (exact) mass is 932 g/mol. The van der Waals surface area contributed by atoms with Crippen LogP contribution in [0.3, 0.4) is 0 Å². The van der Waals surface area contributed by atoms with Crippen LogP contribution in [0.5, 0.6) is 5.75 Å². The summed E-state index contributed by atoms with van der Waals surface area (Å²) in [5, 5.41) is 12.2. The van der Waals surface area contributed by atoms with Crippen LogP contribution in [0.15, 0.2) is 158 Å². The number of aryl methyl sites for hydroxylation is 2. The summed E-state index contributed by atoms with van der Waals surface area (Å²) in [6, 6.07) is 47.2. The predicted molar refractivity (Wildman–Crippen MR) is 297 cm³/mol. The largest absolute Gasteiger partial charge is 0.507 e. The zero-order valence-corrected chi connectivity index (χ0v) is 41.8. The number of hydrogen-bond acceptors (Lipinski definition) is 3. The van der Waals surface area contributed by atoms with E-state index in [0.29, 0.717) is 50.5 Å². The summed E-state index contributed by atoms with van der Waals surface area (Å²) in [6.07, 6.45) is 1.65. The average molecular weight is 932 g/mol. The highest BCUT2D eigenvalue weighted by atomic mass is 16.3. The molecule has 1 N–H and O–H groups in total. The van der Waals surface area contributed by atoms with Crippen molar-refractivity contribution in [3.63, 3.8) is 0 Å². The van der Waals surface area contributed by atoms with Gasteiger partial charge in [0.1, 0.15) is 11.6 Å². The third-order valence-electron chi connectivity index (χ3n) is 13.4. The Morgan fingerprint density at radius 2 is 1.16 bits per heavy atom. The van der Waals surface area contributed by atoms with Crippen LogP contribution in [-0.2, 0) is 21.7 Å². The summed E-state index contributed by atoms with van der Waals surface area (Å²) in [6.45, 7) is 8.17. The number of rotatable bonds is 7. The highest BCUT2D eigenvalue weighted by molar-refractivity contribution is 5.97. The van der Waals surface area contributed by atoms with E-state index in [9.17, 15) is 9.22 Å². The van der Waals surface area contributed by atoms with Crippen molar-refractivity contribution >= 4 is 11.0 Å². The van der Waals surface area contributed by atoms with Crippen LogP contribution in [0, 0.1) is 13.8 Å². The Kier molecular flexibility index (Phi) is 8.90. The first-order chi connectivity index (χ1) is 37.9. The average Bonchev–Trinajstić information content (AvgIpc) is 2.71. The van der Waals surface area contributed by atoms with Crippen LogP contribution < -0.4 is 0 Å². The highest BCUT2D eigenvalue weighted by Crippen LogP contribution is 2.45. The summed E-state index contributed by atoms with van der Waals surface area (Å²) in [7, 11) is 0. The third kappa shape index (κ3) is 9.25. The molecule has 0 atom stereocenters. The molecule has 0 unspecified atom stereocenters. The van der Waals surface area contributed by atoms with Gasteiger partial charge in [0.05, 0.1) is 28.0 Å². The summed E-state index contributed by atoms with van der Waals surface area (Å²) in [4.78, 5) is 10.3. The lowest BCUT2D eigenvalue weighted by atomic mass is 9.78. The molecule has 0 aliphatic carbocycles. The quantitative estimate of drug-likeness (QED) is 0.173. The van der Waals surface area contributed by atoms with Gasteiger partial charge in [-0.3, -0.25) is 9.55 Å². The number of fused-ring (bicyclic) bond motifs is 1. The van der Waals surface area contributed by atoms with Gasteiger partial charge in [0, 0.05) is 33.8 Å². The van der Waals surface area contributed by atoms with E-state index >= 15 is 0 Å². The molecular weight excluding hydrogens is 851 g/mol. The molecule has 0 spiro atoms. The van der Waals surface area contributed by atoms with Crippen molar-refractivity contribution < 1.29 is 21.6 Å². The van der Waals surface area contributed by atoms with Gasteiger partial charge in [0.2, 0.25) is 0 Å². The number of nitrogens with zero attached hydrogens (tertiary/aromatic N) is 3. The lowest BCUT2D eigenvalue weighted by Gasteiger charge is -2.26. The van der Waals surface area contributed by atoms with Crippen molar-refractivity contribution in [2.75, 3.05) is 0 Å². The van der Waals surface area contributed by atoms with Crippen molar-refractivity contribution in [2.24, 2.45) is 0 Å². The molecule has 9 aromatic rings. The number of phenolic OH excluding ortho intramolecular Hbond substituents is 1. The molecular formula is C66H69N3O. The minimum atomic E-state index is -3.40. The topological polar surface area (TPSA) is 50.9 Å². The van der Waals surface area contributed by atoms with Gasteiger partial charge in [-0.05, 0) is 156 Å². The van der Waals surface area contributed by atoms with Gasteiger partial charge >= 0.3 is 0 Å². The standard InChI is InChI=1S/C66H69N3O/c1-41-34-46(59-52(44-20-16-15-17-21-44)22-18-24-55(59)66(12,13)14)28-31-57(41)69-58-25-19-23-53(60(58)68-62(69)54-40-50(64(6,7)8)35-42(2)61(54)70)47-36-48(38-51(37-47)65(9,10)11)56-39-45(32-33-67-56)43-26-29-49(30-27-43)63(3,4)5/h15-40,70H,1-14H3/i1D3,3D3,4D3,5D3. The molecule has 4 heteroatoms. The molecule has 70 heavy (non-hydrogen) atoms. The molecule has 0 saturated heterocycles. The fourth-order valence-corrected chi connectivity index (χ4v) is 9.42. The van der Waals surface area contributed by atoms with Gasteiger partial charge < -0.3 is 5.11 Å². The van der Waals surface area contributed by atoms with E-state index in [1.54, 1.807) is 18.3 Å². The first-order valence-corrected chi connectivity index (χ1v) is 23.9. The van der Waals surface area contributed by atoms with Gasteiger partial charge in [-0.1, -0.05) is 186 Å². The Morgan fingerprint density at radius 3 is 1.84 bits per heavy atom. The zero-order valence-electron chi connectivity index (χ0n) is 53.8. The van der Waals surface area contributed by atoms with Crippen molar-refractivity contribution in [1.29, 1.82) is 0 Å². The van der Waals surface area contributed by atoms with Gasteiger partial charge in [-0.2, -0.15) is 0 Å². The SMILES string of the molecule is [2H]C([2H])([2H])c1cc(-c2c(-c3ccccc3)cccc2C(C)(C)C)ccc1-n1c(-c2cc(C(C)(C)C)cc(C)c2O)nc2c(-c3cc(-c4cc(-c5ccc(C(C([2H])([2H])[2H])(C([2H])([2H])[2H])C([2H])([2H])[2H])cc5)ccn4)cc(C(C)(C)C)c3)cccc21. The van der Waals surface area contributed by atoms with Gasteiger partial charge in [0.25, 0.3) is 0 Å². The Labute approximate surface area is 434 Å². The zero-order chi connectivity index (χ0) is 60.1. The summed E-state index contributed by atoms with van der Waals surface area (Å²) in [5.41, 5.74) is 8.99. The van der Waals surface area contributed by atoms with Crippen LogP contribution in [0.2, 0.25) is 0 Å². The lowest BCUT2D eigenvalue weighted by Crippen LogP contribution is -2.13. The number of hydrogen-bond donors (Lipinski definition) is 1. The second-order valence-corrected chi connectivity index (χ2v) is 21.8. The normalized spacial score (nSPS) is 15.7. The van der Waals surface area contributed by atoms with E-state index in [1.165, 1.54) is 24.3 Å². The number of imidazole rings is 1. The molecule has 0 radical (unpaired) electrons. The van der Waals surface area contributed by atoms with E-state index in [2.05, 4.69) is 105 Å². The number of aromatic hydroxyl groups is 1. The molecule has 0 aliphatic rings. The van der Waals surface area contributed by atoms with Gasteiger partial charge in [-0.25, -0.2) is 4.98 Å². The first kappa shape index (κ1) is 35.1. The molecule has 0 saturated carbocycles. The maximum atomic E-state index is 12.2. The summed E-state index contributed by atoms with van der Waals surface area (Å²) in [5.74, 6) is 0.377. The van der Waals surface area contributed by atoms with Crippen LogP contribution in [0.1, 0.15) is 133 Å². The second kappa shape index (κ2) is 17.7.